The van der Waals surface area contributed by atoms with E-state index in [0.717, 1.165) is 77.5 Å². The number of nitrogens with zero attached hydrogens (tertiary/aromatic N) is 2. The molecule has 218 valence electrons. The van der Waals surface area contributed by atoms with Crippen LogP contribution in [0.2, 0.25) is 0 Å². The van der Waals surface area contributed by atoms with Crippen LogP contribution in [0, 0.1) is 0 Å². The number of benzene rings is 3. The van der Waals surface area contributed by atoms with Gasteiger partial charge in [0.1, 0.15) is 0 Å². The Morgan fingerprint density at radius 2 is 0.810 bits per heavy atom. The van der Waals surface area contributed by atoms with Crippen molar-refractivity contribution in [3.63, 3.8) is 0 Å². The molecule has 8 heteroatoms. The highest BCUT2D eigenvalue weighted by molar-refractivity contribution is 6.08. The fourth-order valence-electron chi connectivity index (χ4n) is 5.55. The molecule has 5 rings (SSSR count). The molecular formula is C34H38N4O4. The Labute approximate surface area is 247 Å². The smallest absolute Gasteiger partial charge is 0.255 e. The minimum absolute atomic E-state index is 0.0137. The van der Waals surface area contributed by atoms with Gasteiger partial charge in [-0.1, -0.05) is 37.8 Å². The van der Waals surface area contributed by atoms with E-state index in [-0.39, 0.29) is 23.6 Å². The number of nitrogens with one attached hydrogen (secondary N) is 2. The zero-order valence-electron chi connectivity index (χ0n) is 23.9. The van der Waals surface area contributed by atoms with E-state index in [9.17, 15) is 19.2 Å². The summed E-state index contributed by atoms with van der Waals surface area (Å²) in [7, 11) is 0. The van der Waals surface area contributed by atoms with Crippen LogP contribution in [0.1, 0.15) is 92.8 Å². The van der Waals surface area contributed by atoms with Gasteiger partial charge in [0, 0.05) is 59.8 Å². The van der Waals surface area contributed by atoms with Gasteiger partial charge in [0.2, 0.25) is 0 Å². The van der Waals surface area contributed by atoms with E-state index in [0.29, 0.717) is 33.6 Å². The second-order valence-corrected chi connectivity index (χ2v) is 11.1. The number of hydrogen-bond donors (Lipinski definition) is 2. The minimum atomic E-state index is -0.332. The SMILES string of the molecule is O=C(Nc1cccc(C(=O)N2CCCCCC2)c1)c1ccc(C(=O)Nc2cccc(C(=O)N3CCCCCC3)c2)cc1. The molecule has 2 aliphatic rings. The zero-order valence-corrected chi connectivity index (χ0v) is 23.9. The van der Waals surface area contributed by atoms with Gasteiger partial charge >= 0.3 is 0 Å². The first-order valence-corrected chi connectivity index (χ1v) is 15.0. The van der Waals surface area contributed by atoms with E-state index in [1.807, 2.05) is 9.80 Å². The summed E-state index contributed by atoms with van der Waals surface area (Å²) >= 11 is 0. The highest BCUT2D eigenvalue weighted by Crippen LogP contribution is 2.19. The van der Waals surface area contributed by atoms with Crippen LogP contribution in [0.25, 0.3) is 0 Å². The topological polar surface area (TPSA) is 98.8 Å². The molecule has 3 aromatic rings. The number of amides is 4. The summed E-state index contributed by atoms with van der Waals surface area (Å²) < 4.78 is 0. The van der Waals surface area contributed by atoms with Crippen molar-refractivity contribution in [3.8, 4) is 0 Å². The van der Waals surface area contributed by atoms with Crippen LogP contribution in [-0.4, -0.2) is 59.6 Å². The molecule has 2 saturated heterocycles. The van der Waals surface area contributed by atoms with Crippen LogP contribution in [0.4, 0.5) is 11.4 Å². The van der Waals surface area contributed by atoms with Crippen molar-refractivity contribution in [2.24, 2.45) is 0 Å². The molecular weight excluding hydrogens is 528 g/mol. The van der Waals surface area contributed by atoms with Crippen LogP contribution in [0.15, 0.2) is 72.8 Å². The quantitative estimate of drug-likeness (QED) is 0.370. The summed E-state index contributed by atoms with van der Waals surface area (Å²) in [5.41, 5.74) is 2.97. The number of rotatable bonds is 6. The standard InChI is InChI=1S/C34H38N4O4/c39-31(35-29-13-9-11-27(23-29)33(41)37-19-5-1-2-6-20-37)25-15-17-26(18-16-25)32(40)36-30-14-10-12-28(24-30)34(42)38-21-7-3-4-8-22-38/h9-18,23-24H,1-8,19-22H2,(H,35,39)(H,36,40). The number of carbonyl (C=O) groups is 4. The van der Waals surface area contributed by atoms with Crippen LogP contribution in [-0.2, 0) is 0 Å². The Hall–Kier alpha value is -4.46. The lowest BCUT2D eigenvalue weighted by Crippen LogP contribution is -2.31. The monoisotopic (exact) mass is 566 g/mol. The van der Waals surface area contributed by atoms with Crippen LogP contribution < -0.4 is 10.6 Å². The van der Waals surface area contributed by atoms with Gasteiger partial charge in [0.15, 0.2) is 0 Å². The molecule has 0 saturated carbocycles. The number of likely N-dealkylation sites (tertiary alicyclic amines) is 2. The first kappa shape index (κ1) is 29.0. The molecule has 4 amide bonds. The van der Waals surface area contributed by atoms with Crippen molar-refractivity contribution < 1.29 is 19.2 Å². The number of hydrogen-bond acceptors (Lipinski definition) is 4. The normalized spacial score (nSPS) is 15.7. The molecule has 2 fully saturated rings. The predicted octanol–water partition coefficient (Wildman–Crippen LogP) is 6.22. The van der Waals surface area contributed by atoms with Crippen molar-refractivity contribution in [3.05, 3.63) is 95.1 Å². The van der Waals surface area contributed by atoms with E-state index in [1.54, 1.807) is 72.8 Å². The summed E-state index contributed by atoms with van der Waals surface area (Å²) in [5, 5.41) is 5.72. The molecule has 2 N–H and O–H groups in total. The molecule has 8 nitrogen and oxygen atoms in total. The first-order valence-electron chi connectivity index (χ1n) is 15.0. The molecule has 0 unspecified atom stereocenters. The van der Waals surface area contributed by atoms with Crippen LogP contribution >= 0.6 is 0 Å². The van der Waals surface area contributed by atoms with Crippen LogP contribution in [0.3, 0.4) is 0 Å². The van der Waals surface area contributed by atoms with Gasteiger partial charge in [0.05, 0.1) is 0 Å². The number of anilines is 2. The average Bonchev–Trinajstić information content (AvgIpc) is 3.47. The molecule has 42 heavy (non-hydrogen) atoms. The Bertz CT molecular complexity index is 1310. The van der Waals surface area contributed by atoms with E-state index in [4.69, 9.17) is 0 Å². The van der Waals surface area contributed by atoms with Crippen molar-refractivity contribution in [2.45, 2.75) is 51.4 Å². The third kappa shape index (κ3) is 7.43. The summed E-state index contributed by atoms with van der Waals surface area (Å²) in [6, 6.07) is 20.4. The Morgan fingerprint density at radius 3 is 1.17 bits per heavy atom. The Kier molecular flexibility index (Phi) is 9.64. The van der Waals surface area contributed by atoms with Gasteiger partial charge in [-0.3, -0.25) is 19.2 Å². The third-order valence-corrected chi connectivity index (χ3v) is 7.93. The minimum Gasteiger partial charge on any atom is -0.339 e. The van der Waals surface area contributed by atoms with Gasteiger partial charge in [-0.2, -0.15) is 0 Å². The second-order valence-electron chi connectivity index (χ2n) is 11.1. The molecule has 0 spiro atoms. The molecule has 2 heterocycles. The second kappa shape index (κ2) is 13.9. The average molecular weight is 567 g/mol. The Morgan fingerprint density at radius 1 is 0.452 bits per heavy atom. The lowest BCUT2D eigenvalue weighted by Gasteiger charge is -2.20. The van der Waals surface area contributed by atoms with Crippen molar-refractivity contribution in [1.29, 1.82) is 0 Å². The molecule has 0 atom stereocenters. The highest BCUT2D eigenvalue weighted by atomic mass is 16.2. The van der Waals surface area contributed by atoms with Gasteiger partial charge in [0.25, 0.3) is 23.6 Å². The van der Waals surface area contributed by atoms with Gasteiger partial charge in [-0.15, -0.1) is 0 Å². The predicted molar refractivity (Wildman–Crippen MR) is 164 cm³/mol. The van der Waals surface area contributed by atoms with E-state index >= 15 is 0 Å². The van der Waals surface area contributed by atoms with Gasteiger partial charge in [-0.25, -0.2) is 0 Å². The summed E-state index contributed by atoms with van der Waals surface area (Å²) in [6.45, 7) is 3.05. The highest BCUT2D eigenvalue weighted by Gasteiger charge is 2.19. The Balaban J connectivity index is 1.19. The van der Waals surface area contributed by atoms with Gasteiger partial charge < -0.3 is 20.4 Å². The molecule has 0 aromatic heterocycles. The van der Waals surface area contributed by atoms with E-state index in [1.165, 1.54) is 0 Å². The third-order valence-electron chi connectivity index (χ3n) is 7.93. The molecule has 3 aromatic carbocycles. The molecule has 2 aliphatic heterocycles. The maximum absolute atomic E-state index is 13.0. The fraction of sp³-hybridized carbons (Fsp3) is 0.353. The van der Waals surface area contributed by atoms with Crippen molar-refractivity contribution in [2.75, 3.05) is 36.8 Å². The zero-order chi connectivity index (χ0) is 29.3. The number of carbonyl (C=O) groups excluding carboxylic acids is 4. The van der Waals surface area contributed by atoms with Crippen molar-refractivity contribution in [1.82, 2.24) is 9.80 Å². The lowest BCUT2D eigenvalue weighted by atomic mass is 10.1. The van der Waals surface area contributed by atoms with Crippen LogP contribution in [0.5, 0.6) is 0 Å². The maximum atomic E-state index is 13.0. The fourth-order valence-corrected chi connectivity index (χ4v) is 5.55. The first-order chi connectivity index (χ1) is 20.5. The summed E-state index contributed by atoms with van der Waals surface area (Å²) in [6.07, 6.45) is 8.64. The van der Waals surface area contributed by atoms with Crippen molar-refractivity contribution >= 4 is 35.0 Å². The molecule has 0 radical (unpaired) electrons. The molecule has 0 aliphatic carbocycles. The summed E-state index contributed by atoms with van der Waals surface area (Å²) in [4.78, 5) is 55.6. The molecule has 0 bridgehead atoms. The summed E-state index contributed by atoms with van der Waals surface area (Å²) in [5.74, 6) is -0.692. The van der Waals surface area contributed by atoms with Gasteiger partial charge in [-0.05, 0) is 86.3 Å². The lowest BCUT2D eigenvalue weighted by molar-refractivity contribution is 0.0754. The van der Waals surface area contributed by atoms with E-state index in [2.05, 4.69) is 10.6 Å². The largest absolute Gasteiger partial charge is 0.339 e. The van der Waals surface area contributed by atoms with E-state index < -0.39 is 0 Å². The maximum Gasteiger partial charge on any atom is 0.255 e.